The van der Waals surface area contributed by atoms with E-state index in [1.807, 2.05) is 0 Å². The zero-order valence-corrected chi connectivity index (χ0v) is 35.7. The number of sulfonamides is 2. The summed E-state index contributed by atoms with van der Waals surface area (Å²) in [5.41, 5.74) is -3.54. The topological polar surface area (TPSA) is 163 Å². The molecular formula is C29H36Br4N2O11S2. The molecule has 2 rings (SSSR count). The molecule has 0 aliphatic rings. The third-order valence-electron chi connectivity index (χ3n) is 6.38. The van der Waals surface area contributed by atoms with Crippen molar-refractivity contribution in [2.24, 2.45) is 0 Å². The van der Waals surface area contributed by atoms with Crippen LogP contribution in [0.15, 0.2) is 51.9 Å². The van der Waals surface area contributed by atoms with Gasteiger partial charge in [0.2, 0.25) is 0 Å². The van der Waals surface area contributed by atoms with Gasteiger partial charge in [0.25, 0.3) is 20.0 Å². The zero-order chi connectivity index (χ0) is 37.3. The Kier molecular flexibility index (Phi) is 13.7. The van der Waals surface area contributed by atoms with E-state index in [9.17, 15) is 31.2 Å². The standard InChI is InChI=1S/C29H36Br4N2O11S2/c1-15(2)43-25(36)34(9)47(39,40)21-13-17(30)11-19(32)23(21)28(5,6)45-27(38)46-29(7,8)24-20(33)12-18(31)14-22(24)48(41,42)35(10)26(37)44-16(3)4/h11-16H,1-10H3. The number of amides is 2. The quantitative estimate of drug-likeness (QED) is 0.166. The third kappa shape index (κ3) is 9.64. The highest BCUT2D eigenvalue weighted by Crippen LogP contribution is 2.43. The minimum Gasteiger partial charge on any atom is -0.446 e. The minimum absolute atomic E-state index is 0.0389. The van der Waals surface area contributed by atoms with Gasteiger partial charge in [-0.1, -0.05) is 63.7 Å². The Hall–Kier alpha value is -1.93. The van der Waals surface area contributed by atoms with Gasteiger partial charge in [0.15, 0.2) is 0 Å². The van der Waals surface area contributed by atoms with Crippen molar-refractivity contribution in [3.05, 3.63) is 53.3 Å². The van der Waals surface area contributed by atoms with Crippen LogP contribution in [0.3, 0.4) is 0 Å². The molecule has 0 atom stereocenters. The van der Waals surface area contributed by atoms with Crippen molar-refractivity contribution in [2.45, 2.75) is 88.6 Å². The Morgan fingerprint density at radius 2 is 0.917 bits per heavy atom. The molecule has 0 spiro atoms. The molecule has 0 radical (unpaired) electrons. The van der Waals surface area contributed by atoms with Gasteiger partial charge in [0.1, 0.15) is 11.2 Å². The number of hydrogen-bond acceptors (Lipinski definition) is 11. The summed E-state index contributed by atoms with van der Waals surface area (Å²) >= 11 is 13.2. The monoisotopic (exact) mass is 968 g/mol. The molecule has 0 N–H and O–H groups in total. The van der Waals surface area contributed by atoms with Crippen LogP contribution >= 0.6 is 63.7 Å². The molecule has 0 saturated heterocycles. The summed E-state index contributed by atoms with van der Waals surface area (Å²) in [7, 11) is -7.06. The first-order valence-electron chi connectivity index (χ1n) is 14.0. The fraction of sp³-hybridized carbons (Fsp3) is 0.483. The molecule has 0 aromatic heterocycles. The van der Waals surface area contributed by atoms with Crippen LogP contribution in [-0.4, -0.2) is 70.1 Å². The SMILES string of the molecule is CC(C)OC(=O)N(C)S(=O)(=O)c1cc(Br)cc(Br)c1C(C)(C)OC(=O)OC(C)(C)c1c(Br)cc(Br)cc1S(=O)(=O)N(C)C(=O)OC(C)C. The summed E-state index contributed by atoms with van der Waals surface area (Å²) in [5.74, 6) is 0. The van der Waals surface area contributed by atoms with E-state index in [4.69, 9.17) is 18.9 Å². The summed E-state index contributed by atoms with van der Waals surface area (Å²) in [6.45, 7) is 11.9. The van der Waals surface area contributed by atoms with Gasteiger partial charge in [0.05, 0.1) is 22.0 Å². The second-order valence-electron chi connectivity index (χ2n) is 11.8. The normalized spacial score (nSPS) is 12.5. The summed E-state index contributed by atoms with van der Waals surface area (Å²) in [6, 6.07) is 5.54. The number of carbonyl (C=O) groups excluding carboxylic acids is 3. The van der Waals surface area contributed by atoms with E-state index in [-0.39, 0.29) is 29.9 Å². The maximum absolute atomic E-state index is 13.7. The lowest BCUT2D eigenvalue weighted by molar-refractivity contribution is -0.0655. The van der Waals surface area contributed by atoms with Crippen molar-refractivity contribution in [1.82, 2.24) is 8.61 Å². The second kappa shape index (κ2) is 15.5. The van der Waals surface area contributed by atoms with Gasteiger partial charge < -0.3 is 18.9 Å². The zero-order valence-electron chi connectivity index (χ0n) is 27.7. The summed E-state index contributed by atoms with van der Waals surface area (Å²) in [5, 5.41) is 0. The van der Waals surface area contributed by atoms with Crippen molar-refractivity contribution < 1.29 is 50.2 Å². The molecule has 0 aliphatic carbocycles. The molecule has 0 fully saturated rings. The van der Waals surface area contributed by atoms with Gasteiger partial charge in [-0.2, -0.15) is 0 Å². The molecule has 48 heavy (non-hydrogen) atoms. The molecule has 19 heteroatoms. The van der Waals surface area contributed by atoms with E-state index in [1.54, 1.807) is 27.7 Å². The largest absolute Gasteiger partial charge is 0.510 e. The first kappa shape index (κ1) is 42.2. The van der Waals surface area contributed by atoms with Gasteiger partial charge in [-0.25, -0.2) is 39.8 Å². The lowest BCUT2D eigenvalue weighted by Crippen LogP contribution is -2.38. The van der Waals surface area contributed by atoms with Crippen LogP contribution in [0.1, 0.15) is 66.5 Å². The molecular weight excluding hydrogens is 936 g/mol. The van der Waals surface area contributed by atoms with Crippen molar-refractivity contribution >= 4 is 102 Å². The number of hydrogen-bond donors (Lipinski definition) is 0. The van der Waals surface area contributed by atoms with Gasteiger partial charge in [-0.3, -0.25) is 0 Å². The van der Waals surface area contributed by atoms with E-state index in [0.29, 0.717) is 17.6 Å². The van der Waals surface area contributed by atoms with Crippen LogP contribution in [0.25, 0.3) is 0 Å². The van der Waals surface area contributed by atoms with E-state index in [0.717, 1.165) is 14.1 Å². The van der Waals surface area contributed by atoms with Crippen LogP contribution in [0.4, 0.5) is 14.4 Å². The molecule has 2 amide bonds. The smallest absolute Gasteiger partial charge is 0.446 e. The van der Waals surface area contributed by atoms with Crippen LogP contribution in [0.5, 0.6) is 0 Å². The average molecular weight is 972 g/mol. The number of carbonyl (C=O) groups is 3. The van der Waals surface area contributed by atoms with Crippen LogP contribution in [0.2, 0.25) is 0 Å². The Balaban J connectivity index is 2.60. The number of rotatable bonds is 10. The van der Waals surface area contributed by atoms with Crippen LogP contribution < -0.4 is 0 Å². The Labute approximate surface area is 314 Å². The number of ether oxygens (including phenoxy) is 4. The Morgan fingerprint density at radius 3 is 1.19 bits per heavy atom. The predicted octanol–water partition coefficient (Wildman–Crippen LogP) is 8.39. The summed E-state index contributed by atoms with van der Waals surface area (Å²) in [6.07, 6.45) is -4.75. The van der Waals surface area contributed by atoms with E-state index >= 15 is 0 Å². The maximum atomic E-state index is 13.7. The van der Waals surface area contributed by atoms with E-state index in [1.165, 1.54) is 52.0 Å². The second-order valence-corrected chi connectivity index (χ2v) is 19.2. The molecule has 13 nitrogen and oxygen atoms in total. The van der Waals surface area contributed by atoms with Crippen LogP contribution in [0, 0.1) is 0 Å². The number of benzene rings is 2. The highest BCUT2D eigenvalue weighted by Gasteiger charge is 2.42. The first-order chi connectivity index (χ1) is 21.7. The summed E-state index contributed by atoms with van der Waals surface area (Å²) < 4.78 is 78.2. The predicted molar refractivity (Wildman–Crippen MR) is 190 cm³/mol. The van der Waals surface area contributed by atoms with E-state index < -0.39 is 61.8 Å². The Bertz CT molecular complexity index is 1680. The van der Waals surface area contributed by atoms with Crippen molar-refractivity contribution in [2.75, 3.05) is 14.1 Å². The number of halogens is 4. The van der Waals surface area contributed by atoms with Gasteiger partial charge in [-0.15, -0.1) is 0 Å². The fourth-order valence-electron chi connectivity index (χ4n) is 4.26. The highest BCUT2D eigenvalue weighted by atomic mass is 79.9. The van der Waals surface area contributed by atoms with Crippen molar-refractivity contribution in [1.29, 1.82) is 0 Å². The Morgan fingerprint density at radius 1 is 0.625 bits per heavy atom. The number of nitrogens with zero attached hydrogens (tertiary/aromatic N) is 2. The molecule has 2 aromatic carbocycles. The van der Waals surface area contributed by atoms with E-state index in [2.05, 4.69) is 63.7 Å². The van der Waals surface area contributed by atoms with Crippen molar-refractivity contribution in [3.8, 4) is 0 Å². The molecule has 0 aliphatic heterocycles. The molecule has 268 valence electrons. The minimum atomic E-state index is -4.56. The molecule has 2 aromatic rings. The first-order valence-corrected chi connectivity index (χ1v) is 20.0. The van der Waals surface area contributed by atoms with Gasteiger partial charge in [0, 0.05) is 43.1 Å². The third-order valence-corrected chi connectivity index (χ3v) is 12.0. The molecule has 0 heterocycles. The van der Waals surface area contributed by atoms with Gasteiger partial charge >= 0.3 is 18.3 Å². The fourth-order valence-corrected chi connectivity index (χ4v) is 11.1. The molecule has 0 bridgehead atoms. The lowest BCUT2D eigenvalue weighted by Gasteiger charge is -2.33. The molecule has 0 saturated carbocycles. The van der Waals surface area contributed by atoms with Crippen LogP contribution in [-0.2, 0) is 50.2 Å². The maximum Gasteiger partial charge on any atom is 0.510 e. The summed E-state index contributed by atoms with van der Waals surface area (Å²) in [4.78, 5) is 37.8. The van der Waals surface area contributed by atoms with Gasteiger partial charge in [-0.05, 0) is 79.7 Å². The molecule has 0 unspecified atom stereocenters. The highest BCUT2D eigenvalue weighted by molar-refractivity contribution is 9.11. The van der Waals surface area contributed by atoms with Crippen molar-refractivity contribution in [3.63, 3.8) is 0 Å². The average Bonchev–Trinajstić information content (AvgIpc) is 2.89. The lowest BCUT2D eigenvalue weighted by atomic mass is 9.97.